The molecular formula is C28H43N3O4. The van der Waals surface area contributed by atoms with Gasteiger partial charge in [-0.05, 0) is 56.9 Å². The van der Waals surface area contributed by atoms with E-state index in [1.165, 1.54) is 16.0 Å². The normalized spacial score (nSPS) is 21.3. The van der Waals surface area contributed by atoms with E-state index in [4.69, 9.17) is 4.74 Å². The Morgan fingerprint density at radius 3 is 2.17 bits per heavy atom. The second kappa shape index (κ2) is 10.2. The average molecular weight is 486 g/mol. The predicted molar refractivity (Wildman–Crippen MR) is 137 cm³/mol. The van der Waals surface area contributed by atoms with Crippen molar-refractivity contribution in [2.45, 2.75) is 79.4 Å². The third-order valence-electron chi connectivity index (χ3n) is 7.16. The summed E-state index contributed by atoms with van der Waals surface area (Å²) in [6.45, 7) is 17.9. The smallest absolute Gasteiger partial charge is 0.410 e. The van der Waals surface area contributed by atoms with Gasteiger partial charge < -0.3 is 19.9 Å². The molecule has 2 atom stereocenters. The lowest BCUT2D eigenvalue weighted by Gasteiger charge is -2.46. The van der Waals surface area contributed by atoms with E-state index in [1.807, 2.05) is 39.5 Å². The van der Waals surface area contributed by atoms with Crippen molar-refractivity contribution >= 4 is 17.9 Å². The van der Waals surface area contributed by atoms with E-state index in [2.05, 4.69) is 50.4 Å². The summed E-state index contributed by atoms with van der Waals surface area (Å²) in [6, 6.07) is 8.13. The topological polar surface area (TPSA) is 79.0 Å². The zero-order chi connectivity index (χ0) is 26.1. The van der Waals surface area contributed by atoms with Gasteiger partial charge in [-0.1, -0.05) is 57.5 Å². The molecule has 2 heterocycles. The van der Waals surface area contributed by atoms with Crippen molar-refractivity contribution in [3.8, 4) is 0 Å². The number of amides is 3. The van der Waals surface area contributed by atoms with Crippen molar-refractivity contribution in [1.82, 2.24) is 15.1 Å². The number of benzene rings is 1. The molecule has 0 aliphatic carbocycles. The number of hydrogen-bond donors (Lipinski definition) is 1. The highest BCUT2D eigenvalue weighted by Gasteiger charge is 2.42. The van der Waals surface area contributed by atoms with Crippen molar-refractivity contribution < 1.29 is 19.1 Å². The van der Waals surface area contributed by atoms with Crippen molar-refractivity contribution in [2.75, 3.05) is 26.2 Å². The molecule has 0 radical (unpaired) electrons. The number of likely N-dealkylation sites (tertiary alicyclic amines) is 2. The Kier molecular flexibility index (Phi) is 7.87. The highest BCUT2D eigenvalue weighted by atomic mass is 16.6. The first-order chi connectivity index (χ1) is 16.2. The summed E-state index contributed by atoms with van der Waals surface area (Å²) < 4.78 is 5.37. The molecule has 2 aliphatic rings. The van der Waals surface area contributed by atoms with Crippen LogP contribution in [0.25, 0.3) is 0 Å². The second-order valence-electron chi connectivity index (χ2n) is 12.3. The number of carbonyl (C=O) groups is 3. The Labute approximate surface area is 210 Å². The Bertz CT molecular complexity index is 927. The first kappa shape index (κ1) is 27.0. The minimum Gasteiger partial charge on any atom is -0.444 e. The van der Waals surface area contributed by atoms with Gasteiger partial charge >= 0.3 is 6.09 Å². The zero-order valence-electron chi connectivity index (χ0n) is 22.7. The molecule has 1 unspecified atom stereocenters. The predicted octanol–water partition coefficient (Wildman–Crippen LogP) is 4.34. The van der Waals surface area contributed by atoms with Crippen LogP contribution in [0.5, 0.6) is 0 Å². The number of nitrogens with one attached hydrogen (secondary N) is 1. The summed E-state index contributed by atoms with van der Waals surface area (Å²) in [4.78, 5) is 42.1. The Hall–Kier alpha value is -2.57. The Morgan fingerprint density at radius 1 is 1.06 bits per heavy atom. The molecule has 0 bridgehead atoms. The minimum atomic E-state index is -0.579. The fourth-order valence-electron chi connectivity index (χ4n) is 5.06. The van der Waals surface area contributed by atoms with Gasteiger partial charge in [-0.3, -0.25) is 9.59 Å². The van der Waals surface area contributed by atoms with Crippen molar-refractivity contribution in [3.63, 3.8) is 0 Å². The molecule has 1 aromatic carbocycles. The number of ether oxygens (including phenoxy) is 1. The first-order valence-corrected chi connectivity index (χ1v) is 12.8. The van der Waals surface area contributed by atoms with Crippen LogP contribution in [-0.4, -0.2) is 65.5 Å². The van der Waals surface area contributed by atoms with Crippen LogP contribution in [0.15, 0.2) is 24.3 Å². The van der Waals surface area contributed by atoms with E-state index >= 15 is 0 Å². The van der Waals surface area contributed by atoms with Crippen LogP contribution >= 0.6 is 0 Å². The Balaban J connectivity index is 1.58. The molecule has 0 aromatic heterocycles. The lowest BCUT2D eigenvalue weighted by atomic mass is 9.70. The molecule has 7 nitrogen and oxygen atoms in total. The molecule has 0 saturated carbocycles. The highest BCUT2D eigenvalue weighted by Crippen LogP contribution is 2.42. The first-order valence-electron chi connectivity index (χ1n) is 12.8. The maximum absolute atomic E-state index is 13.5. The van der Waals surface area contributed by atoms with E-state index in [9.17, 15) is 14.4 Å². The average Bonchev–Trinajstić information content (AvgIpc) is 2.69. The highest BCUT2D eigenvalue weighted by molar-refractivity contribution is 5.90. The molecule has 2 aliphatic heterocycles. The molecule has 3 amide bonds. The van der Waals surface area contributed by atoms with Gasteiger partial charge in [0.15, 0.2) is 0 Å². The number of rotatable bonds is 5. The number of piperidine rings is 1. The van der Waals surface area contributed by atoms with Gasteiger partial charge in [0.1, 0.15) is 11.6 Å². The summed E-state index contributed by atoms with van der Waals surface area (Å²) in [6.07, 6.45) is 0.491. The number of carbonyl (C=O) groups excluding carboxylic acids is 3. The summed E-state index contributed by atoms with van der Waals surface area (Å²) in [5.74, 6) is -0.169. The second-order valence-corrected chi connectivity index (χ2v) is 12.3. The molecule has 7 heteroatoms. The van der Waals surface area contributed by atoms with E-state index in [0.29, 0.717) is 32.1 Å². The molecule has 2 fully saturated rings. The fourth-order valence-corrected chi connectivity index (χ4v) is 5.06. The summed E-state index contributed by atoms with van der Waals surface area (Å²) in [7, 11) is 0. The summed E-state index contributed by atoms with van der Waals surface area (Å²) in [5.41, 5.74) is 1.92. The number of hydrogen-bond acceptors (Lipinski definition) is 4. The van der Waals surface area contributed by atoms with Crippen LogP contribution in [0.3, 0.4) is 0 Å². The largest absolute Gasteiger partial charge is 0.444 e. The van der Waals surface area contributed by atoms with E-state index in [-0.39, 0.29) is 29.1 Å². The monoisotopic (exact) mass is 485 g/mol. The number of nitrogens with zero attached hydrogens (tertiary/aromatic N) is 2. The Morgan fingerprint density at radius 2 is 1.66 bits per heavy atom. The number of aryl methyl sites for hydroxylation is 1. The summed E-state index contributed by atoms with van der Waals surface area (Å²) >= 11 is 0. The van der Waals surface area contributed by atoms with Gasteiger partial charge in [-0.15, -0.1) is 0 Å². The zero-order valence-corrected chi connectivity index (χ0v) is 22.7. The van der Waals surface area contributed by atoms with Crippen LogP contribution in [0.1, 0.15) is 71.9 Å². The van der Waals surface area contributed by atoms with Gasteiger partial charge in [-0.25, -0.2) is 4.79 Å². The minimum absolute atomic E-state index is 0.0212. The van der Waals surface area contributed by atoms with Crippen LogP contribution in [-0.2, 0) is 14.3 Å². The van der Waals surface area contributed by atoms with Gasteiger partial charge in [0.2, 0.25) is 11.8 Å². The third-order valence-corrected chi connectivity index (χ3v) is 7.16. The maximum atomic E-state index is 13.5. The lowest BCUT2D eigenvalue weighted by Crippen LogP contribution is -2.61. The fraction of sp³-hybridized carbons (Fsp3) is 0.679. The van der Waals surface area contributed by atoms with Crippen molar-refractivity contribution in [3.05, 3.63) is 35.4 Å². The van der Waals surface area contributed by atoms with E-state index in [1.54, 1.807) is 0 Å². The standard InChI is InChI=1S/C28H43N3O4/c1-18(2)23(29-24(32)21-15-31(16-21)26(34)35-27(4,5)6)25(33)30-14-13-22(28(7,8)17-30)20-11-9-19(3)10-12-20/h9-12,18,21-23H,13-17H2,1-8H3,(H,29,32)/t22?,23-/m1/s1. The van der Waals surface area contributed by atoms with Gasteiger partial charge in [0.05, 0.1) is 5.92 Å². The van der Waals surface area contributed by atoms with Gasteiger partial charge in [0, 0.05) is 26.2 Å². The molecular weight excluding hydrogens is 442 g/mol. The van der Waals surface area contributed by atoms with E-state index in [0.717, 1.165) is 6.42 Å². The van der Waals surface area contributed by atoms with Crippen LogP contribution < -0.4 is 5.32 Å². The lowest BCUT2D eigenvalue weighted by molar-refractivity contribution is -0.142. The van der Waals surface area contributed by atoms with Crippen LogP contribution in [0.2, 0.25) is 0 Å². The molecule has 194 valence electrons. The quantitative estimate of drug-likeness (QED) is 0.673. The molecule has 2 saturated heterocycles. The van der Waals surface area contributed by atoms with Crippen molar-refractivity contribution in [1.29, 1.82) is 0 Å². The molecule has 0 spiro atoms. The molecule has 3 rings (SSSR count). The van der Waals surface area contributed by atoms with E-state index < -0.39 is 17.7 Å². The third kappa shape index (κ3) is 6.56. The van der Waals surface area contributed by atoms with Crippen LogP contribution in [0.4, 0.5) is 4.79 Å². The SMILES string of the molecule is Cc1ccc(C2CCN(C(=O)[C@H](NC(=O)C3CN(C(=O)OC(C)(C)C)C3)C(C)C)CC2(C)C)cc1. The van der Waals surface area contributed by atoms with Gasteiger partial charge in [0.25, 0.3) is 0 Å². The molecule has 1 N–H and O–H groups in total. The van der Waals surface area contributed by atoms with Crippen LogP contribution in [0, 0.1) is 24.2 Å². The molecule has 1 aromatic rings. The maximum Gasteiger partial charge on any atom is 0.410 e. The molecule has 35 heavy (non-hydrogen) atoms. The summed E-state index contributed by atoms with van der Waals surface area (Å²) in [5, 5.41) is 2.99. The van der Waals surface area contributed by atoms with Crippen molar-refractivity contribution in [2.24, 2.45) is 17.3 Å². The van der Waals surface area contributed by atoms with Gasteiger partial charge in [-0.2, -0.15) is 0 Å².